The molecule has 2 radical (unpaired) electrons. The van der Waals surface area contributed by atoms with Gasteiger partial charge in [-0.05, 0) is 56.9 Å². The molecule has 0 atom stereocenters. The number of hydrogen-bond acceptors (Lipinski definition) is 9. The molecule has 2 aromatic heterocycles. The molecule has 0 unspecified atom stereocenters. The van der Waals surface area contributed by atoms with Crippen molar-refractivity contribution in [2.24, 2.45) is 0 Å². The van der Waals surface area contributed by atoms with Gasteiger partial charge in [0.05, 0.1) is 29.5 Å². The van der Waals surface area contributed by atoms with E-state index in [1.807, 2.05) is 17.8 Å². The van der Waals surface area contributed by atoms with Crippen molar-refractivity contribution >= 4 is 42.5 Å². The van der Waals surface area contributed by atoms with E-state index in [0.29, 0.717) is 23.7 Å². The van der Waals surface area contributed by atoms with E-state index < -0.39 is 10.7 Å². The molecule has 0 bridgehead atoms. The predicted octanol–water partition coefficient (Wildman–Crippen LogP) is 3.83. The van der Waals surface area contributed by atoms with E-state index in [0.717, 1.165) is 31.9 Å². The third-order valence-electron chi connectivity index (χ3n) is 5.67. The third-order valence-corrected chi connectivity index (χ3v) is 5.67. The van der Waals surface area contributed by atoms with Crippen LogP contribution in [0.1, 0.15) is 38.6 Å². The van der Waals surface area contributed by atoms with Crippen LogP contribution in [0.15, 0.2) is 42.9 Å². The van der Waals surface area contributed by atoms with Gasteiger partial charge in [0.15, 0.2) is 5.81 Å². The monoisotopic (exact) mass is 476 g/mol. The lowest BCUT2D eigenvalue weighted by molar-refractivity contribution is -0.384. The summed E-state index contributed by atoms with van der Waals surface area (Å²) in [6.07, 6.45) is 8.01. The lowest BCUT2D eigenvalue weighted by Gasteiger charge is -2.29. The fourth-order valence-electron chi connectivity index (χ4n) is 4.02. The smallest absolute Gasteiger partial charge is 0.329 e. The number of nitrogens with one attached hydrogen (secondary N) is 3. The van der Waals surface area contributed by atoms with E-state index in [-0.39, 0.29) is 29.5 Å². The number of carbonyl (C=O) groups excluding carboxylic acids is 1. The normalized spacial score (nSPS) is 17.4. The average Bonchev–Trinajstić information content (AvgIpc) is 3.29. The SMILES string of the molecule is [B]C(=O)NC1CCC(n2cc(Nc3ncc([N+](=O)[O-])c(Nc4ccc(OCC)cc4)n3)cn2)CC1. The zero-order valence-corrected chi connectivity index (χ0v) is 19.2. The highest BCUT2D eigenvalue weighted by Crippen LogP contribution is 2.30. The van der Waals surface area contributed by atoms with Crippen molar-refractivity contribution in [3.63, 3.8) is 0 Å². The maximum Gasteiger partial charge on any atom is 0.329 e. The van der Waals surface area contributed by atoms with Crippen LogP contribution in [0, 0.1) is 10.1 Å². The first-order chi connectivity index (χ1) is 16.9. The van der Waals surface area contributed by atoms with E-state index in [4.69, 9.17) is 12.6 Å². The van der Waals surface area contributed by atoms with Crippen molar-refractivity contribution in [2.45, 2.75) is 44.7 Å². The number of carbonyl (C=O) groups is 1. The number of ether oxygens (including phenoxy) is 1. The molecule has 12 nitrogen and oxygen atoms in total. The van der Waals surface area contributed by atoms with E-state index >= 15 is 0 Å². The summed E-state index contributed by atoms with van der Waals surface area (Å²) in [4.78, 5) is 30.4. The minimum Gasteiger partial charge on any atom is -0.494 e. The number of aromatic nitrogens is 4. The van der Waals surface area contributed by atoms with Gasteiger partial charge in [0, 0.05) is 17.9 Å². The molecule has 2 heterocycles. The zero-order chi connectivity index (χ0) is 24.8. The molecule has 1 aliphatic rings. The highest BCUT2D eigenvalue weighted by molar-refractivity contribution is 6.57. The predicted molar refractivity (Wildman–Crippen MR) is 131 cm³/mol. The van der Waals surface area contributed by atoms with E-state index in [2.05, 4.69) is 31.0 Å². The Morgan fingerprint density at radius 2 is 1.91 bits per heavy atom. The van der Waals surface area contributed by atoms with Crippen LogP contribution in [-0.4, -0.2) is 51.0 Å². The van der Waals surface area contributed by atoms with Gasteiger partial charge in [-0.15, -0.1) is 0 Å². The molecular formula is C22H25BN8O4. The first kappa shape index (κ1) is 24.0. The van der Waals surface area contributed by atoms with Crippen molar-refractivity contribution < 1.29 is 14.5 Å². The first-order valence-corrected chi connectivity index (χ1v) is 11.3. The van der Waals surface area contributed by atoms with Gasteiger partial charge in [0.1, 0.15) is 11.9 Å². The average molecular weight is 476 g/mol. The second-order valence-corrected chi connectivity index (χ2v) is 8.12. The highest BCUT2D eigenvalue weighted by Gasteiger charge is 2.23. The van der Waals surface area contributed by atoms with Crippen LogP contribution in [-0.2, 0) is 0 Å². The van der Waals surface area contributed by atoms with Gasteiger partial charge >= 0.3 is 5.69 Å². The Morgan fingerprint density at radius 3 is 2.57 bits per heavy atom. The molecule has 0 saturated heterocycles. The number of rotatable bonds is 9. The largest absolute Gasteiger partial charge is 0.494 e. The molecule has 3 N–H and O–H groups in total. The van der Waals surface area contributed by atoms with Crippen molar-refractivity contribution in [3.8, 4) is 5.75 Å². The molecular weight excluding hydrogens is 451 g/mol. The van der Waals surface area contributed by atoms with Crippen molar-refractivity contribution in [1.82, 2.24) is 25.1 Å². The Labute approximate surface area is 203 Å². The fraction of sp³-hybridized carbons (Fsp3) is 0.364. The molecule has 1 aliphatic carbocycles. The third kappa shape index (κ3) is 6.25. The van der Waals surface area contributed by atoms with Crippen molar-refractivity contribution in [1.29, 1.82) is 0 Å². The number of anilines is 4. The quantitative estimate of drug-likeness (QED) is 0.238. The summed E-state index contributed by atoms with van der Waals surface area (Å²) in [5.41, 5.74) is 1.03. The molecule has 0 aliphatic heterocycles. The molecule has 13 heteroatoms. The second kappa shape index (κ2) is 10.8. The Balaban J connectivity index is 1.44. The summed E-state index contributed by atoms with van der Waals surface area (Å²) in [5, 5.41) is 24.7. The standard InChI is InChI=1S/C22H25BN8O4/c1-2-35-18-9-5-14(6-10-18)26-20-19(31(33)34)12-24-22(29-20)28-16-11-25-30(13-16)17-7-3-15(4-8-17)27-21(23)32/h5-6,9-13,15,17H,2-4,7-8H2,1H3,(H,27,32)(H2,24,26,28,29). The van der Waals surface area contributed by atoms with Crippen LogP contribution in [0.25, 0.3) is 0 Å². The minimum atomic E-state index is -0.540. The maximum absolute atomic E-state index is 11.5. The van der Waals surface area contributed by atoms with Gasteiger partial charge < -0.3 is 20.7 Å². The molecule has 1 amide bonds. The Kier molecular flexibility index (Phi) is 7.43. The zero-order valence-electron chi connectivity index (χ0n) is 19.2. The molecule has 4 rings (SSSR count). The maximum atomic E-state index is 11.5. The number of benzene rings is 1. The molecule has 35 heavy (non-hydrogen) atoms. The van der Waals surface area contributed by atoms with Gasteiger partial charge in [-0.25, -0.2) is 4.98 Å². The highest BCUT2D eigenvalue weighted by atomic mass is 16.6. The molecule has 180 valence electrons. The van der Waals surface area contributed by atoms with Gasteiger partial charge in [-0.1, -0.05) is 0 Å². The lowest BCUT2D eigenvalue weighted by atomic mass is 9.90. The Morgan fingerprint density at radius 1 is 1.17 bits per heavy atom. The molecule has 3 aromatic rings. The molecule has 1 aromatic carbocycles. The van der Waals surface area contributed by atoms with Crippen LogP contribution >= 0.6 is 0 Å². The summed E-state index contributed by atoms with van der Waals surface area (Å²) in [7, 11) is 5.21. The van der Waals surface area contributed by atoms with Crippen LogP contribution in [0.3, 0.4) is 0 Å². The number of nitrogens with zero attached hydrogens (tertiary/aromatic N) is 5. The summed E-state index contributed by atoms with van der Waals surface area (Å²) < 4.78 is 7.29. The van der Waals surface area contributed by atoms with Crippen LogP contribution in [0.4, 0.5) is 33.6 Å². The van der Waals surface area contributed by atoms with Gasteiger partial charge in [-0.3, -0.25) is 19.6 Å². The van der Waals surface area contributed by atoms with Crippen LogP contribution in [0.2, 0.25) is 0 Å². The van der Waals surface area contributed by atoms with Crippen LogP contribution in [0.5, 0.6) is 5.75 Å². The first-order valence-electron chi connectivity index (χ1n) is 11.3. The Bertz CT molecular complexity index is 1180. The lowest BCUT2D eigenvalue weighted by Crippen LogP contribution is -2.37. The van der Waals surface area contributed by atoms with Gasteiger partial charge in [-0.2, -0.15) is 10.1 Å². The van der Waals surface area contributed by atoms with Crippen molar-refractivity contribution in [3.05, 3.63) is 53.0 Å². The van der Waals surface area contributed by atoms with E-state index in [9.17, 15) is 14.9 Å². The summed E-state index contributed by atoms with van der Waals surface area (Å²) >= 11 is 0. The topological polar surface area (TPSA) is 149 Å². The fourth-order valence-corrected chi connectivity index (χ4v) is 4.02. The van der Waals surface area contributed by atoms with Gasteiger partial charge in [0.25, 0.3) is 0 Å². The summed E-state index contributed by atoms with van der Waals surface area (Å²) in [6, 6.07) is 7.33. The molecule has 0 spiro atoms. The van der Waals surface area contributed by atoms with Crippen LogP contribution < -0.4 is 20.7 Å². The number of nitro groups is 1. The number of hydrogen-bond donors (Lipinski definition) is 3. The van der Waals surface area contributed by atoms with E-state index in [1.165, 1.54) is 0 Å². The van der Waals surface area contributed by atoms with Gasteiger partial charge in [0.2, 0.25) is 19.6 Å². The minimum absolute atomic E-state index is 0.0596. The second-order valence-electron chi connectivity index (χ2n) is 8.12. The Hall–Kier alpha value is -4.16. The summed E-state index contributed by atoms with van der Waals surface area (Å²) in [6.45, 7) is 2.44. The number of amides is 1. The summed E-state index contributed by atoms with van der Waals surface area (Å²) in [5.74, 6) is 0.452. The molecule has 1 fully saturated rings. The van der Waals surface area contributed by atoms with Crippen molar-refractivity contribution in [2.75, 3.05) is 17.2 Å². The van der Waals surface area contributed by atoms with E-state index in [1.54, 1.807) is 30.5 Å². The molecule has 1 saturated carbocycles.